The maximum absolute atomic E-state index is 10.2. The molecule has 1 amide bonds. The van der Waals surface area contributed by atoms with Gasteiger partial charge in [0.05, 0.1) is 6.20 Å². The van der Waals surface area contributed by atoms with Crippen LogP contribution < -0.4 is 0 Å². The van der Waals surface area contributed by atoms with Crippen molar-refractivity contribution in [2.75, 3.05) is 0 Å². The molecule has 0 radical (unpaired) electrons. The van der Waals surface area contributed by atoms with Crippen molar-refractivity contribution >= 4 is 5.91 Å². The topological polar surface area (TPSA) is 41.8 Å². The van der Waals surface area contributed by atoms with Gasteiger partial charge in [0.25, 0.3) is 5.91 Å². The number of carbonyl (C=O) groups is 1. The molecule has 0 aromatic heterocycles. The minimum absolute atomic E-state index is 0.222. The average molecular weight is 126 g/mol. The van der Waals surface area contributed by atoms with Crippen LogP contribution in [0.25, 0.3) is 0 Å². The summed E-state index contributed by atoms with van der Waals surface area (Å²) < 4.78 is 0. The van der Waals surface area contributed by atoms with Crippen molar-refractivity contribution < 1.29 is 4.79 Å². The van der Waals surface area contributed by atoms with E-state index in [1.54, 1.807) is 6.92 Å². The van der Waals surface area contributed by atoms with Crippen molar-refractivity contribution in [3.05, 3.63) is 11.8 Å². The molecule has 9 heavy (non-hydrogen) atoms. The van der Waals surface area contributed by atoms with E-state index in [1.165, 1.54) is 6.20 Å². The van der Waals surface area contributed by atoms with E-state index in [0.29, 0.717) is 5.57 Å². The Balaban J connectivity index is 0.000000291. The van der Waals surface area contributed by atoms with E-state index in [-0.39, 0.29) is 5.91 Å². The summed E-state index contributed by atoms with van der Waals surface area (Å²) in [5, 5.41) is 6.57. The Kier molecular flexibility index (Phi) is 3.51. The van der Waals surface area contributed by atoms with Crippen molar-refractivity contribution in [2.45, 2.75) is 20.8 Å². The lowest BCUT2D eigenvalue weighted by molar-refractivity contribution is -0.114. The monoisotopic (exact) mass is 126 g/mol. The molecule has 0 aliphatic carbocycles. The van der Waals surface area contributed by atoms with E-state index in [4.69, 9.17) is 0 Å². The fraction of sp³-hybridized carbons (Fsp3) is 0.500. The first-order valence-electron chi connectivity index (χ1n) is 2.92. The molecule has 0 spiro atoms. The van der Waals surface area contributed by atoms with Crippen LogP contribution in [0.3, 0.4) is 0 Å². The van der Waals surface area contributed by atoms with Gasteiger partial charge in [-0.05, 0) is 6.92 Å². The van der Waals surface area contributed by atoms with Gasteiger partial charge in [-0.15, -0.1) is 5.11 Å². The molecule has 1 rings (SSSR count). The van der Waals surface area contributed by atoms with Crippen LogP contribution in [0.1, 0.15) is 20.8 Å². The number of carbonyl (C=O) groups excluding carboxylic acids is 1. The summed E-state index contributed by atoms with van der Waals surface area (Å²) >= 11 is 0. The van der Waals surface area contributed by atoms with Crippen LogP contribution in [0.2, 0.25) is 0 Å². The van der Waals surface area contributed by atoms with E-state index >= 15 is 0 Å². The third-order valence-corrected chi connectivity index (χ3v) is 0.737. The molecule has 0 aromatic carbocycles. The van der Waals surface area contributed by atoms with E-state index in [1.807, 2.05) is 13.8 Å². The summed E-state index contributed by atoms with van der Waals surface area (Å²) in [6.07, 6.45) is 1.45. The zero-order valence-electron chi connectivity index (χ0n) is 5.88. The van der Waals surface area contributed by atoms with Crippen molar-refractivity contribution in [3.63, 3.8) is 0 Å². The molecule has 1 aliphatic heterocycles. The molecule has 3 heteroatoms. The van der Waals surface area contributed by atoms with Gasteiger partial charge in [-0.1, -0.05) is 13.8 Å². The molecule has 0 saturated heterocycles. The SMILES string of the molecule is CC.CC1=CN=NC1=O. The minimum atomic E-state index is -0.222. The summed E-state index contributed by atoms with van der Waals surface area (Å²) in [6.45, 7) is 5.68. The highest BCUT2D eigenvalue weighted by Gasteiger charge is 2.04. The summed E-state index contributed by atoms with van der Waals surface area (Å²) in [5.41, 5.74) is 0.611. The minimum Gasteiger partial charge on any atom is -0.265 e. The highest BCUT2D eigenvalue weighted by Crippen LogP contribution is 2.03. The number of hydrogen-bond acceptors (Lipinski definition) is 2. The zero-order chi connectivity index (χ0) is 7.28. The molecule has 0 unspecified atom stereocenters. The molecular formula is C6H10N2O. The highest BCUT2D eigenvalue weighted by atomic mass is 16.2. The normalized spacial score (nSPS) is 14.6. The van der Waals surface area contributed by atoms with E-state index in [2.05, 4.69) is 10.2 Å². The number of amides is 1. The maximum Gasteiger partial charge on any atom is 0.292 e. The quantitative estimate of drug-likeness (QED) is 0.488. The lowest BCUT2D eigenvalue weighted by Crippen LogP contribution is -1.86. The third kappa shape index (κ3) is 2.17. The van der Waals surface area contributed by atoms with Crippen LogP contribution in [0.4, 0.5) is 0 Å². The molecule has 0 atom stereocenters. The van der Waals surface area contributed by atoms with Crippen LogP contribution in [0.15, 0.2) is 22.0 Å². The van der Waals surface area contributed by atoms with Crippen molar-refractivity contribution in [3.8, 4) is 0 Å². The standard InChI is InChI=1S/C4H4N2O.C2H6/c1-3-2-5-6-4(3)7;1-2/h2H,1H3;1-2H3. The van der Waals surface area contributed by atoms with E-state index < -0.39 is 0 Å². The summed E-state index contributed by atoms with van der Waals surface area (Å²) in [5.74, 6) is -0.222. The Morgan fingerprint density at radius 1 is 1.44 bits per heavy atom. The summed E-state index contributed by atoms with van der Waals surface area (Å²) in [7, 11) is 0. The number of nitrogens with zero attached hydrogens (tertiary/aromatic N) is 2. The number of rotatable bonds is 0. The van der Waals surface area contributed by atoms with E-state index in [9.17, 15) is 4.79 Å². The van der Waals surface area contributed by atoms with E-state index in [0.717, 1.165) is 0 Å². The largest absolute Gasteiger partial charge is 0.292 e. The predicted molar refractivity (Wildman–Crippen MR) is 35.0 cm³/mol. The first-order valence-corrected chi connectivity index (χ1v) is 2.92. The Morgan fingerprint density at radius 3 is 2.11 bits per heavy atom. The fourth-order valence-electron chi connectivity index (χ4n) is 0.302. The van der Waals surface area contributed by atoms with Gasteiger partial charge in [-0.25, -0.2) is 0 Å². The molecular weight excluding hydrogens is 116 g/mol. The first-order chi connectivity index (χ1) is 4.30. The third-order valence-electron chi connectivity index (χ3n) is 0.737. The second-order valence-corrected chi connectivity index (χ2v) is 1.33. The van der Waals surface area contributed by atoms with Crippen LogP contribution in [0.5, 0.6) is 0 Å². The molecule has 0 bridgehead atoms. The van der Waals surface area contributed by atoms with Gasteiger partial charge in [-0.3, -0.25) is 4.79 Å². The van der Waals surface area contributed by atoms with Gasteiger partial charge in [0, 0.05) is 5.57 Å². The maximum atomic E-state index is 10.2. The molecule has 50 valence electrons. The molecule has 1 aliphatic rings. The van der Waals surface area contributed by atoms with Crippen LogP contribution in [-0.2, 0) is 4.79 Å². The molecule has 0 saturated carbocycles. The Hall–Kier alpha value is -0.990. The first kappa shape index (κ1) is 8.01. The lowest BCUT2D eigenvalue weighted by Gasteiger charge is -1.74. The van der Waals surface area contributed by atoms with Crippen molar-refractivity contribution in [1.29, 1.82) is 0 Å². The van der Waals surface area contributed by atoms with Gasteiger partial charge in [0.1, 0.15) is 0 Å². The van der Waals surface area contributed by atoms with Crippen LogP contribution >= 0.6 is 0 Å². The molecule has 0 aromatic rings. The van der Waals surface area contributed by atoms with Crippen molar-refractivity contribution in [1.82, 2.24) is 0 Å². The Bertz CT molecular complexity index is 158. The fourth-order valence-corrected chi connectivity index (χ4v) is 0.302. The molecule has 0 fully saturated rings. The van der Waals surface area contributed by atoms with Crippen molar-refractivity contribution in [2.24, 2.45) is 10.2 Å². The number of azo groups is 1. The second-order valence-electron chi connectivity index (χ2n) is 1.33. The van der Waals surface area contributed by atoms with Gasteiger partial charge >= 0.3 is 0 Å². The van der Waals surface area contributed by atoms with Gasteiger partial charge < -0.3 is 0 Å². The summed E-state index contributed by atoms with van der Waals surface area (Å²) in [6, 6.07) is 0. The second kappa shape index (κ2) is 3.95. The lowest BCUT2D eigenvalue weighted by atomic mass is 10.3. The van der Waals surface area contributed by atoms with Crippen LogP contribution in [0, 0.1) is 0 Å². The predicted octanol–water partition coefficient (Wildman–Crippen LogP) is 1.91. The molecule has 0 N–H and O–H groups in total. The van der Waals surface area contributed by atoms with Gasteiger partial charge in [0.15, 0.2) is 0 Å². The molecule has 1 heterocycles. The Labute approximate surface area is 54.5 Å². The average Bonchev–Trinajstić information content (AvgIpc) is 2.23. The van der Waals surface area contributed by atoms with Crippen LogP contribution in [-0.4, -0.2) is 5.91 Å². The highest BCUT2D eigenvalue weighted by molar-refractivity contribution is 5.94. The molecule has 3 nitrogen and oxygen atoms in total. The van der Waals surface area contributed by atoms with Gasteiger partial charge in [-0.2, -0.15) is 5.11 Å². The summed E-state index contributed by atoms with van der Waals surface area (Å²) in [4.78, 5) is 10.2. The smallest absolute Gasteiger partial charge is 0.265 e. The zero-order valence-corrected chi connectivity index (χ0v) is 5.88. The number of hydrogen-bond donors (Lipinski definition) is 0. The Morgan fingerprint density at radius 2 is 2.00 bits per heavy atom. The van der Waals surface area contributed by atoms with Gasteiger partial charge in [0.2, 0.25) is 0 Å².